The van der Waals surface area contributed by atoms with Crippen LogP contribution in [0.5, 0.6) is 0 Å². The van der Waals surface area contributed by atoms with Gasteiger partial charge in [-0.25, -0.2) is 21.6 Å². The summed E-state index contributed by atoms with van der Waals surface area (Å²) in [7, 11) is -6.08. The van der Waals surface area contributed by atoms with Gasteiger partial charge in [-0.05, 0) is 6.92 Å². The normalized spacial score (nSPS) is 12.8. The van der Waals surface area contributed by atoms with Crippen molar-refractivity contribution in [3.05, 3.63) is 17.6 Å². The maximum absolute atomic E-state index is 12.2. The molecule has 1 aromatic heterocycles. The minimum Gasteiger partial charge on any atom is -0.475 e. The number of furan rings is 1. The van der Waals surface area contributed by atoms with Gasteiger partial charge in [0.1, 0.15) is 20.5 Å². The number of aromatic carboxylic acids is 1. The highest BCUT2D eigenvalue weighted by atomic mass is 32.2. The number of carboxylic acid groups (broad SMARTS) is 1. The molecule has 0 atom stereocenters. The SMILES string of the molecule is Cc1oc(C(=O)O)cc1S(=O)(=O)N(C)CCS(C)(=O)=O. The van der Waals surface area contributed by atoms with Crippen molar-refractivity contribution in [2.24, 2.45) is 0 Å². The van der Waals surface area contributed by atoms with Gasteiger partial charge in [0.05, 0.1) is 5.75 Å². The van der Waals surface area contributed by atoms with Crippen molar-refractivity contribution in [3.8, 4) is 0 Å². The third-order valence-corrected chi connectivity index (χ3v) is 5.44. The van der Waals surface area contributed by atoms with Crippen LogP contribution in [0.3, 0.4) is 0 Å². The molecule has 0 radical (unpaired) electrons. The highest BCUT2D eigenvalue weighted by molar-refractivity contribution is 7.91. The molecular formula is C10H15NO7S2. The van der Waals surface area contributed by atoms with Gasteiger partial charge in [-0.2, -0.15) is 4.31 Å². The summed E-state index contributed by atoms with van der Waals surface area (Å²) in [4.78, 5) is 10.5. The van der Waals surface area contributed by atoms with Crippen LogP contribution < -0.4 is 0 Å². The van der Waals surface area contributed by atoms with Gasteiger partial charge >= 0.3 is 5.97 Å². The maximum Gasteiger partial charge on any atom is 0.371 e. The van der Waals surface area contributed by atoms with Crippen LogP contribution in [0, 0.1) is 6.92 Å². The number of sulfonamides is 1. The second-order valence-corrected chi connectivity index (χ2v) is 8.57. The second kappa shape index (κ2) is 5.54. The summed E-state index contributed by atoms with van der Waals surface area (Å²) < 4.78 is 52.1. The predicted molar refractivity (Wildman–Crippen MR) is 69.9 cm³/mol. The van der Waals surface area contributed by atoms with Crippen molar-refractivity contribution in [3.63, 3.8) is 0 Å². The van der Waals surface area contributed by atoms with Crippen molar-refractivity contribution in [1.82, 2.24) is 4.31 Å². The molecule has 0 saturated carbocycles. The molecule has 0 aliphatic carbocycles. The molecule has 10 heteroatoms. The molecule has 0 fully saturated rings. The number of carboxylic acids is 1. The van der Waals surface area contributed by atoms with Gasteiger partial charge in [0.25, 0.3) is 0 Å². The summed E-state index contributed by atoms with van der Waals surface area (Å²) in [6, 6.07) is 0.907. The van der Waals surface area contributed by atoms with Crippen LogP contribution in [0.15, 0.2) is 15.4 Å². The molecule has 8 nitrogen and oxygen atoms in total. The minimum absolute atomic E-state index is 0.0615. The lowest BCUT2D eigenvalue weighted by molar-refractivity contribution is 0.0661. The van der Waals surface area contributed by atoms with Gasteiger partial charge in [-0.3, -0.25) is 0 Å². The fourth-order valence-corrected chi connectivity index (χ4v) is 3.46. The predicted octanol–water partition coefficient (Wildman–Crippen LogP) is -0.0487. The van der Waals surface area contributed by atoms with E-state index in [2.05, 4.69) is 0 Å². The van der Waals surface area contributed by atoms with Gasteiger partial charge in [0, 0.05) is 25.9 Å². The van der Waals surface area contributed by atoms with E-state index < -0.39 is 31.6 Å². The van der Waals surface area contributed by atoms with Gasteiger partial charge in [0.15, 0.2) is 0 Å². The standard InChI is InChI=1S/C10H15NO7S2/c1-7-9(6-8(18-7)10(12)13)20(16,17)11(2)4-5-19(3,14)15/h6H,4-5H2,1-3H3,(H,12,13). The third kappa shape index (κ3) is 3.81. The van der Waals surface area contributed by atoms with E-state index in [0.717, 1.165) is 16.6 Å². The molecule has 1 aromatic rings. The molecule has 0 bridgehead atoms. The number of carbonyl (C=O) groups is 1. The monoisotopic (exact) mass is 325 g/mol. The van der Waals surface area contributed by atoms with E-state index in [4.69, 9.17) is 9.52 Å². The average Bonchev–Trinajstić information content (AvgIpc) is 2.67. The van der Waals surface area contributed by atoms with Crippen LogP contribution in [0.1, 0.15) is 16.3 Å². The first-order valence-corrected chi connectivity index (χ1v) is 8.93. The summed E-state index contributed by atoms with van der Waals surface area (Å²) in [6.45, 7) is 1.10. The zero-order valence-electron chi connectivity index (χ0n) is 11.2. The van der Waals surface area contributed by atoms with Crippen LogP contribution in [-0.4, -0.2) is 57.8 Å². The van der Waals surface area contributed by atoms with Crippen LogP contribution >= 0.6 is 0 Å². The first kappa shape index (κ1) is 16.7. The molecule has 0 aliphatic rings. The third-order valence-electron chi connectivity index (χ3n) is 2.55. The van der Waals surface area contributed by atoms with Crippen molar-refractivity contribution in [2.45, 2.75) is 11.8 Å². The Morgan fingerprint density at radius 3 is 2.30 bits per heavy atom. The minimum atomic E-state index is -3.99. The van der Waals surface area contributed by atoms with Crippen molar-refractivity contribution >= 4 is 25.8 Å². The number of hydrogen-bond donors (Lipinski definition) is 1. The zero-order valence-corrected chi connectivity index (χ0v) is 12.8. The molecule has 114 valence electrons. The number of nitrogens with zero attached hydrogens (tertiary/aromatic N) is 1. The molecule has 1 rings (SSSR count). The Morgan fingerprint density at radius 2 is 1.90 bits per heavy atom. The van der Waals surface area contributed by atoms with E-state index in [-0.39, 0.29) is 23.0 Å². The van der Waals surface area contributed by atoms with E-state index in [1.54, 1.807) is 0 Å². The molecule has 0 aliphatic heterocycles. The van der Waals surface area contributed by atoms with Crippen LogP contribution in [0.25, 0.3) is 0 Å². The molecule has 0 aromatic carbocycles. The summed E-state index contributed by atoms with van der Waals surface area (Å²) in [6.07, 6.45) is 0.999. The lowest BCUT2D eigenvalue weighted by atomic mass is 10.4. The van der Waals surface area contributed by atoms with Gasteiger partial charge in [-0.1, -0.05) is 0 Å². The Morgan fingerprint density at radius 1 is 1.35 bits per heavy atom. The van der Waals surface area contributed by atoms with Crippen molar-refractivity contribution < 1.29 is 31.2 Å². The summed E-state index contributed by atoms with van der Waals surface area (Å²) in [5.74, 6) is -2.26. The van der Waals surface area contributed by atoms with Gasteiger partial charge in [-0.15, -0.1) is 0 Å². The van der Waals surface area contributed by atoms with E-state index >= 15 is 0 Å². The maximum atomic E-state index is 12.2. The van der Waals surface area contributed by atoms with Crippen LogP contribution in [0.2, 0.25) is 0 Å². The number of aryl methyl sites for hydroxylation is 1. The van der Waals surface area contributed by atoms with Crippen LogP contribution in [0.4, 0.5) is 0 Å². The quantitative estimate of drug-likeness (QED) is 0.778. The number of hydrogen-bond acceptors (Lipinski definition) is 6. The fraction of sp³-hybridized carbons (Fsp3) is 0.500. The van der Waals surface area contributed by atoms with Crippen molar-refractivity contribution in [2.75, 3.05) is 25.6 Å². The van der Waals surface area contributed by atoms with E-state index in [9.17, 15) is 21.6 Å². The highest BCUT2D eigenvalue weighted by Gasteiger charge is 2.28. The Balaban J connectivity index is 3.07. The fourth-order valence-electron chi connectivity index (χ4n) is 1.41. The zero-order chi connectivity index (χ0) is 15.7. The van der Waals surface area contributed by atoms with Crippen LogP contribution in [-0.2, 0) is 19.9 Å². The molecule has 1 heterocycles. The van der Waals surface area contributed by atoms with E-state index in [1.807, 2.05) is 0 Å². The molecule has 1 N–H and O–H groups in total. The van der Waals surface area contributed by atoms with E-state index in [1.165, 1.54) is 14.0 Å². The Hall–Kier alpha value is -1.39. The molecule has 0 unspecified atom stereocenters. The smallest absolute Gasteiger partial charge is 0.371 e. The molecule has 20 heavy (non-hydrogen) atoms. The average molecular weight is 325 g/mol. The lowest BCUT2D eigenvalue weighted by Crippen LogP contribution is -2.31. The highest BCUT2D eigenvalue weighted by Crippen LogP contribution is 2.22. The Bertz CT molecular complexity index is 715. The molecule has 0 spiro atoms. The van der Waals surface area contributed by atoms with Gasteiger partial charge in [0.2, 0.25) is 15.8 Å². The summed E-state index contributed by atoms with van der Waals surface area (Å²) in [5, 5.41) is 8.76. The second-order valence-electron chi connectivity index (χ2n) is 4.29. The topological polar surface area (TPSA) is 122 Å². The van der Waals surface area contributed by atoms with Gasteiger partial charge < -0.3 is 9.52 Å². The number of sulfone groups is 1. The molecule has 0 amide bonds. The Kier molecular flexibility index (Phi) is 4.62. The first-order valence-electron chi connectivity index (χ1n) is 5.43. The summed E-state index contributed by atoms with van der Waals surface area (Å²) >= 11 is 0. The summed E-state index contributed by atoms with van der Waals surface area (Å²) in [5.41, 5.74) is 0. The van der Waals surface area contributed by atoms with Crippen molar-refractivity contribution in [1.29, 1.82) is 0 Å². The first-order chi connectivity index (χ1) is 8.95. The Labute approximate surface area is 117 Å². The lowest BCUT2D eigenvalue weighted by Gasteiger charge is -2.15. The molecular weight excluding hydrogens is 310 g/mol. The number of rotatable bonds is 6. The van der Waals surface area contributed by atoms with E-state index in [0.29, 0.717) is 0 Å². The largest absolute Gasteiger partial charge is 0.475 e. The molecule has 0 saturated heterocycles.